The Morgan fingerprint density at radius 3 is 3.29 bits per heavy atom. The normalized spacial score (nSPS) is 21.4. The number of nitrogens with one attached hydrogen (secondary N) is 2. The number of likely N-dealkylation sites (tertiary alicyclic amines) is 1. The van der Waals surface area contributed by atoms with Crippen LogP contribution in [-0.4, -0.2) is 46.7 Å². The van der Waals surface area contributed by atoms with Crippen molar-refractivity contribution in [3.05, 3.63) is 18.0 Å². The molecule has 5 nitrogen and oxygen atoms in total. The number of nitrogens with zero attached hydrogens (tertiary/aromatic N) is 2. The Balaban J connectivity index is 1.84. The molecule has 1 aliphatic heterocycles. The third-order valence-electron chi connectivity index (χ3n) is 3.14. The number of piperidine rings is 1. The molecule has 1 aliphatic rings. The summed E-state index contributed by atoms with van der Waals surface area (Å²) in [5.41, 5.74) is 0.609. The molecule has 2 heterocycles. The number of aromatic nitrogens is 2. The fraction of sp³-hybridized carbons (Fsp3) is 0.667. The first-order valence-electron chi connectivity index (χ1n) is 6.31. The van der Waals surface area contributed by atoms with Gasteiger partial charge in [-0.15, -0.1) is 0 Å². The topological polar surface area (TPSA) is 61.0 Å². The van der Waals surface area contributed by atoms with Gasteiger partial charge in [0.1, 0.15) is 0 Å². The summed E-state index contributed by atoms with van der Waals surface area (Å²) in [5.74, 6) is -0.0258. The molecule has 2 N–H and O–H groups in total. The maximum Gasteiger partial charge on any atom is 0.254 e. The van der Waals surface area contributed by atoms with E-state index >= 15 is 0 Å². The van der Waals surface area contributed by atoms with Crippen molar-refractivity contribution in [2.75, 3.05) is 19.6 Å². The van der Waals surface area contributed by atoms with Gasteiger partial charge < -0.3 is 10.2 Å². The number of aromatic amines is 1. The van der Waals surface area contributed by atoms with Gasteiger partial charge in [0, 0.05) is 18.8 Å². The Hall–Kier alpha value is -1.36. The van der Waals surface area contributed by atoms with E-state index in [9.17, 15) is 4.79 Å². The van der Waals surface area contributed by atoms with Crippen LogP contribution in [0.15, 0.2) is 12.4 Å². The molecule has 0 unspecified atom stereocenters. The molecule has 0 bridgehead atoms. The summed E-state index contributed by atoms with van der Waals surface area (Å²) in [6, 6.07) is 0.276. The van der Waals surface area contributed by atoms with Crippen molar-refractivity contribution < 1.29 is 4.79 Å². The first kappa shape index (κ1) is 12.1. The standard InChI is InChI=1S/C12H20N4O/c1-2-5-16-6-3-4-11(9-16)15-12(17)10-7-13-14-8-10/h7-8,11H,2-6,9H2,1H3,(H,13,14)(H,15,17)/t11-/m0/s1. The van der Waals surface area contributed by atoms with Crippen molar-refractivity contribution in [3.63, 3.8) is 0 Å². The predicted molar refractivity (Wildman–Crippen MR) is 65.8 cm³/mol. The monoisotopic (exact) mass is 236 g/mol. The van der Waals surface area contributed by atoms with E-state index in [1.165, 1.54) is 6.42 Å². The second-order valence-corrected chi connectivity index (χ2v) is 4.60. The average molecular weight is 236 g/mol. The van der Waals surface area contributed by atoms with Gasteiger partial charge in [-0.2, -0.15) is 5.10 Å². The van der Waals surface area contributed by atoms with Crippen LogP contribution in [0.4, 0.5) is 0 Å². The Morgan fingerprint density at radius 1 is 1.71 bits per heavy atom. The molecule has 0 radical (unpaired) electrons. The van der Waals surface area contributed by atoms with Crippen LogP contribution in [0.1, 0.15) is 36.5 Å². The van der Waals surface area contributed by atoms with E-state index in [1.54, 1.807) is 12.4 Å². The molecule has 1 saturated heterocycles. The summed E-state index contributed by atoms with van der Waals surface area (Å²) in [4.78, 5) is 14.3. The molecule has 1 amide bonds. The van der Waals surface area contributed by atoms with Gasteiger partial charge in [0.2, 0.25) is 0 Å². The molecule has 5 heteroatoms. The highest BCUT2D eigenvalue weighted by molar-refractivity contribution is 5.93. The number of amides is 1. The van der Waals surface area contributed by atoms with Crippen molar-refractivity contribution >= 4 is 5.91 Å². The number of H-pyrrole nitrogens is 1. The van der Waals surface area contributed by atoms with E-state index < -0.39 is 0 Å². The fourth-order valence-corrected chi connectivity index (χ4v) is 2.34. The Bertz CT molecular complexity index is 347. The van der Waals surface area contributed by atoms with Crippen LogP contribution in [0.5, 0.6) is 0 Å². The van der Waals surface area contributed by atoms with E-state index in [4.69, 9.17) is 0 Å². The zero-order valence-electron chi connectivity index (χ0n) is 10.3. The van der Waals surface area contributed by atoms with Crippen LogP contribution in [-0.2, 0) is 0 Å². The van der Waals surface area contributed by atoms with Gasteiger partial charge in [-0.05, 0) is 32.4 Å². The number of rotatable bonds is 4. The highest BCUT2D eigenvalue weighted by Gasteiger charge is 2.21. The van der Waals surface area contributed by atoms with Crippen LogP contribution in [0, 0.1) is 0 Å². The van der Waals surface area contributed by atoms with Crippen LogP contribution < -0.4 is 5.32 Å². The molecule has 1 aromatic rings. The average Bonchev–Trinajstić information content (AvgIpc) is 2.83. The molecule has 1 atom stereocenters. The van der Waals surface area contributed by atoms with Gasteiger partial charge in [0.25, 0.3) is 5.91 Å². The molecule has 0 saturated carbocycles. The molecule has 0 spiro atoms. The van der Waals surface area contributed by atoms with E-state index in [2.05, 4.69) is 27.3 Å². The third-order valence-corrected chi connectivity index (χ3v) is 3.14. The Kier molecular flexibility index (Phi) is 4.14. The van der Waals surface area contributed by atoms with Gasteiger partial charge in [-0.3, -0.25) is 9.89 Å². The summed E-state index contributed by atoms with van der Waals surface area (Å²) in [5, 5.41) is 9.51. The summed E-state index contributed by atoms with van der Waals surface area (Å²) in [6.45, 7) is 5.44. The lowest BCUT2D eigenvalue weighted by atomic mass is 10.1. The molecular formula is C12H20N4O. The number of hydrogen-bond acceptors (Lipinski definition) is 3. The SMILES string of the molecule is CCCN1CCC[C@H](NC(=O)c2cn[nH]c2)C1. The van der Waals surface area contributed by atoms with Crippen LogP contribution >= 0.6 is 0 Å². The zero-order valence-corrected chi connectivity index (χ0v) is 10.3. The first-order chi connectivity index (χ1) is 8.29. The van der Waals surface area contributed by atoms with E-state index in [1.807, 2.05) is 0 Å². The molecule has 0 aliphatic carbocycles. The number of carbonyl (C=O) groups excluding carboxylic acids is 1. The second-order valence-electron chi connectivity index (χ2n) is 4.60. The first-order valence-corrected chi connectivity index (χ1v) is 6.31. The molecule has 2 rings (SSSR count). The van der Waals surface area contributed by atoms with Crippen molar-refractivity contribution in [3.8, 4) is 0 Å². The number of carbonyl (C=O) groups is 1. The van der Waals surface area contributed by atoms with E-state index in [-0.39, 0.29) is 11.9 Å². The van der Waals surface area contributed by atoms with Crippen molar-refractivity contribution in [2.24, 2.45) is 0 Å². The summed E-state index contributed by atoms with van der Waals surface area (Å²) >= 11 is 0. The molecule has 1 aromatic heterocycles. The van der Waals surface area contributed by atoms with Crippen molar-refractivity contribution in [1.29, 1.82) is 0 Å². The third kappa shape index (κ3) is 3.30. The second kappa shape index (κ2) is 5.82. The van der Waals surface area contributed by atoms with E-state index in [0.717, 1.165) is 32.5 Å². The molecule has 1 fully saturated rings. The van der Waals surface area contributed by atoms with Crippen molar-refractivity contribution in [1.82, 2.24) is 20.4 Å². The number of hydrogen-bond donors (Lipinski definition) is 2. The molecule has 0 aromatic carbocycles. The summed E-state index contributed by atoms with van der Waals surface area (Å²) in [7, 11) is 0. The smallest absolute Gasteiger partial charge is 0.254 e. The maximum atomic E-state index is 11.8. The van der Waals surface area contributed by atoms with Gasteiger partial charge >= 0.3 is 0 Å². The highest BCUT2D eigenvalue weighted by atomic mass is 16.1. The van der Waals surface area contributed by atoms with Crippen LogP contribution in [0.2, 0.25) is 0 Å². The maximum absolute atomic E-state index is 11.8. The van der Waals surface area contributed by atoms with Crippen LogP contribution in [0.3, 0.4) is 0 Å². The van der Waals surface area contributed by atoms with Crippen LogP contribution in [0.25, 0.3) is 0 Å². The fourth-order valence-electron chi connectivity index (χ4n) is 2.34. The van der Waals surface area contributed by atoms with Gasteiger partial charge in [-0.25, -0.2) is 0 Å². The Labute approximate surface area is 102 Å². The zero-order chi connectivity index (χ0) is 12.1. The molecule has 17 heavy (non-hydrogen) atoms. The predicted octanol–water partition coefficient (Wildman–Crippen LogP) is 1.01. The quantitative estimate of drug-likeness (QED) is 0.820. The Morgan fingerprint density at radius 2 is 2.59 bits per heavy atom. The lowest BCUT2D eigenvalue weighted by Gasteiger charge is -2.32. The molecular weight excluding hydrogens is 216 g/mol. The molecule has 94 valence electrons. The summed E-state index contributed by atoms with van der Waals surface area (Å²) in [6.07, 6.45) is 6.59. The van der Waals surface area contributed by atoms with Gasteiger partial charge in [-0.1, -0.05) is 6.92 Å². The highest BCUT2D eigenvalue weighted by Crippen LogP contribution is 2.11. The lowest BCUT2D eigenvalue weighted by Crippen LogP contribution is -2.47. The van der Waals surface area contributed by atoms with Gasteiger partial charge in [0.05, 0.1) is 11.8 Å². The minimum Gasteiger partial charge on any atom is -0.348 e. The largest absolute Gasteiger partial charge is 0.348 e. The lowest BCUT2D eigenvalue weighted by molar-refractivity contribution is 0.0904. The minimum atomic E-state index is -0.0258. The van der Waals surface area contributed by atoms with Crippen molar-refractivity contribution in [2.45, 2.75) is 32.2 Å². The summed E-state index contributed by atoms with van der Waals surface area (Å²) < 4.78 is 0. The minimum absolute atomic E-state index is 0.0258. The van der Waals surface area contributed by atoms with Gasteiger partial charge in [0.15, 0.2) is 0 Å². The van der Waals surface area contributed by atoms with E-state index in [0.29, 0.717) is 5.56 Å².